The zero-order valence-corrected chi connectivity index (χ0v) is 3.69. The number of hydrogen-bond donors (Lipinski definition) is 1. The summed E-state index contributed by atoms with van der Waals surface area (Å²) in [6.45, 7) is 3.22. The maximum atomic E-state index is 9.95. The van der Waals surface area contributed by atoms with E-state index < -0.39 is 0 Å². The van der Waals surface area contributed by atoms with E-state index in [-0.39, 0.29) is 35.5 Å². The molecule has 0 saturated carbocycles. The van der Waals surface area contributed by atoms with E-state index in [9.17, 15) is 4.79 Å². The SMILES string of the molecule is C=CC(=O)NC.[NaH]. The molecular weight excluding hydrogens is 101 g/mol. The van der Waals surface area contributed by atoms with Crippen molar-refractivity contribution in [2.45, 2.75) is 0 Å². The normalized spacial score (nSPS) is 5.86. The van der Waals surface area contributed by atoms with Gasteiger partial charge in [0.15, 0.2) is 0 Å². The van der Waals surface area contributed by atoms with E-state index in [1.807, 2.05) is 0 Å². The zero-order chi connectivity index (χ0) is 4.99. The van der Waals surface area contributed by atoms with Gasteiger partial charge in [-0.3, -0.25) is 4.79 Å². The summed E-state index contributed by atoms with van der Waals surface area (Å²) in [5.74, 6) is -0.144. The molecule has 0 rings (SSSR count). The molecule has 0 aliphatic carbocycles. The standard InChI is InChI=1S/C4H7NO.Na.H/c1-3-4(6)5-2;;/h3H,1H2,2H3,(H,5,6);;. The second kappa shape index (κ2) is 6.21. The number of carbonyl (C=O) groups excluding carboxylic acids is 1. The molecule has 0 atom stereocenters. The van der Waals surface area contributed by atoms with Crippen molar-refractivity contribution in [3.8, 4) is 0 Å². The molecule has 0 aromatic heterocycles. The van der Waals surface area contributed by atoms with Crippen LogP contribution in [-0.2, 0) is 4.79 Å². The molecule has 0 aromatic rings. The molecule has 0 fully saturated rings. The van der Waals surface area contributed by atoms with Gasteiger partial charge in [0.1, 0.15) is 0 Å². The summed E-state index contributed by atoms with van der Waals surface area (Å²) in [5.41, 5.74) is 0. The summed E-state index contributed by atoms with van der Waals surface area (Å²) in [6, 6.07) is 0. The van der Waals surface area contributed by atoms with Crippen molar-refractivity contribution >= 4 is 35.5 Å². The van der Waals surface area contributed by atoms with Gasteiger partial charge in [0, 0.05) is 7.05 Å². The number of nitrogens with one attached hydrogen (secondary N) is 1. The first-order valence-corrected chi connectivity index (χ1v) is 1.65. The second-order valence-corrected chi connectivity index (χ2v) is 0.818. The fourth-order valence-corrected chi connectivity index (χ4v) is 0.102. The summed E-state index contributed by atoms with van der Waals surface area (Å²) < 4.78 is 0. The van der Waals surface area contributed by atoms with Crippen molar-refractivity contribution in [2.75, 3.05) is 7.05 Å². The quantitative estimate of drug-likeness (QED) is 0.349. The Morgan fingerprint density at radius 2 is 2.29 bits per heavy atom. The average molecular weight is 109 g/mol. The van der Waals surface area contributed by atoms with Crippen LogP contribution in [0.4, 0.5) is 0 Å². The van der Waals surface area contributed by atoms with E-state index in [4.69, 9.17) is 0 Å². The van der Waals surface area contributed by atoms with Crippen molar-refractivity contribution < 1.29 is 4.79 Å². The Kier molecular flexibility index (Phi) is 9.09. The van der Waals surface area contributed by atoms with E-state index in [1.165, 1.54) is 6.08 Å². The molecule has 0 unspecified atom stereocenters. The third-order valence-electron chi connectivity index (χ3n) is 0.432. The summed E-state index contributed by atoms with van der Waals surface area (Å²) in [7, 11) is 1.56. The van der Waals surface area contributed by atoms with Gasteiger partial charge in [-0.15, -0.1) is 0 Å². The van der Waals surface area contributed by atoms with Gasteiger partial charge in [-0.2, -0.15) is 0 Å². The number of carbonyl (C=O) groups is 1. The van der Waals surface area contributed by atoms with Crippen molar-refractivity contribution in [1.29, 1.82) is 0 Å². The van der Waals surface area contributed by atoms with E-state index in [0.717, 1.165) is 0 Å². The van der Waals surface area contributed by atoms with Crippen LogP contribution < -0.4 is 5.32 Å². The van der Waals surface area contributed by atoms with Crippen molar-refractivity contribution in [3.05, 3.63) is 12.7 Å². The average Bonchev–Trinajstić information content (AvgIpc) is 1.65. The first kappa shape index (κ1) is 10.2. The summed E-state index contributed by atoms with van der Waals surface area (Å²) >= 11 is 0. The Hall–Kier alpha value is 0.210. The van der Waals surface area contributed by atoms with Gasteiger partial charge in [0.2, 0.25) is 5.91 Å². The number of amides is 1. The Morgan fingerprint density at radius 3 is 2.29 bits per heavy atom. The van der Waals surface area contributed by atoms with Gasteiger partial charge in [0.25, 0.3) is 0 Å². The predicted molar refractivity (Wildman–Crippen MR) is 31.4 cm³/mol. The molecule has 0 spiro atoms. The van der Waals surface area contributed by atoms with Crippen molar-refractivity contribution in [2.24, 2.45) is 0 Å². The van der Waals surface area contributed by atoms with Gasteiger partial charge in [-0.05, 0) is 6.08 Å². The first-order valence-electron chi connectivity index (χ1n) is 1.65. The molecule has 0 aliphatic heterocycles. The van der Waals surface area contributed by atoms with Crippen LogP contribution in [0.3, 0.4) is 0 Å². The Bertz CT molecular complexity index is 72.1. The topological polar surface area (TPSA) is 29.1 Å². The number of likely N-dealkylation sites (N-methyl/N-ethyl adjacent to an activating group) is 1. The molecule has 0 saturated heterocycles. The number of hydrogen-bond acceptors (Lipinski definition) is 1. The molecule has 0 heterocycles. The van der Waals surface area contributed by atoms with Crippen LogP contribution in [0.2, 0.25) is 0 Å². The minimum atomic E-state index is -0.144. The van der Waals surface area contributed by atoms with E-state index in [1.54, 1.807) is 7.05 Å². The molecule has 7 heavy (non-hydrogen) atoms. The third-order valence-corrected chi connectivity index (χ3v) is 0.432. The molecule has 0 aromatic carbocycles. The van der Waals surface area contributed by atoms with Crippen LogP contribution >= 0.6 is 0 Å². The first-order chi connectivity index (χ1) is 2.81. The molecule has 1 amide bonds. The fourth-order valence-electron chi connectivity index (χ4n) is 0.102. The van der Waals surface area contributed by atoms with Crippen LogP contribution in [-0.4, -0.2) is 42.5 Å². The van der Waals surface area contributed by atoms with E-state index >= 15 is 0 Å². The van der Waals surface area contributed by atoms with Crippen LogP contribution in [0, 0.1) is 0 Å². The van der Waals surface area contributed by atoms with Crippen molar-refractivity contribution in [3.63, 3.8) is 0 Å². The van der Waals surface area contributed by atoms with Crippen LogP contribution in [0.25, 0.3) is 0 Å². The summed E-state index contributed by atoms with van der Waals surface area (Å²) in [6.07, 6.45) is 1.22. The molecule has 3 heteroatoms. The van der Waals surface area contributed by atoms with Crippen LogP contribution in [0.15, 0.2) is 12.7 Å². The molecular formula is C4H8NNaO. The Morgan fingerprint density at radius 1 is 1.86 bits per heavy atom. The monoisotopic (exact) mass is 109 g/mol. The number of rotatable bonds is 1. The molecule has 0 aliphatic rings. The predicted octanol–water partition coefficient (Wildman–Crippen LogP) is -0.730. The van der Waals surface area contributed by atoms with Gasteiger partial charge in [-0.1, -0.05) is 6.58 Å². The van der Waals surface area contributed by atoms with Gasteiger partial charge in [0.05, 0.1) is 0 Å². The summed E-state index contributed by atoms with van der Waals surface area (Å²) in [4.78, 5) is 9.95. The van der Waals surface area contributed by atoms with Crippen molar-refractivity contribution in [1.82, 2.24) is 5.32 Å². The van der Waals surface area contributed by atoms with E-state index in [0.29, 0.717) is 0 Å². The Balaban J connectivity index is 0. The van der Waals surface area contributed by atoms with Gasteiger partial charge >= 0.3 is 29.6 Å². The van der Waals surface area contributed by atoms with Gasteiger partial charge in [-0.25, -0.2) is 0 Å². The van der Waals surface area contributed by atoms with E-state index in [2.05, 4.69) is 11.9 Å². The molecule has 0 bridgehead atoms. The third kappa shape index (κ3) is 6.21. The zero-order valence-electron chi connectivity index (χ0n) is 3.69. The molecule has 0 radical (unpaired) electrons. The fraction of sp³-hybridized carbons (Fsp3) is 0.250. The van der Waals surface area contributed by atoms with Crippen LogP contribution in [0.5, 0.6) is 0 Å². The second-order valence-electron chi connectivity index (χ2n) is 0.818. The van der Waals surface area contributed by atoms with Crippen LogP contribution in [0.1, 0.15) is 0 Å². The van der Waals surface area contributed by atoms with Gasteiger partial charge < -0.3 is 5.32 Å². The maximum absolute atomic E-state index is 9.95. The Labute approximate surface area is 65.3 Å². The molecule has 36 valence electrons. The molecule has 2 nitrogen and oxygen atoms in total. The molecule has 1 N–H and O–H groups in total. The minimum absolute atomic E-state index is 0. The summed E-state index contributed by atoms with van der Waals surface area (Å²) in [5, 5.41) is 2.36.